The molecule has 3 nitrogen and oxygen atoms in total. The molecular weight excluding hydrogens is 104 g/mol. The van der Waals surface area contributed by atoms with Gasteiger partial charge in [-0.15, -0.1) is 0 Å². The molecule has 0 radical (unpaired) electrons. The van der Waals surface area contributed by atoms with Crippen molar-refractivity contribution in [2.24, 2.45) is 11.5 Å². The summed E-state index contributed by atoms with van der Waals surface area (Å²) in [5.41, 5.74) is 9.38. The lowest BCUT2D eigenvalue weighted by molar-refractivity contribution is 0.0381. The average Bonchev–Trinajstić information content (AvgIpc) is 1.62. The first-order valence-corrected chi connectivity index (χ1v) is 2.75. The van der Waals surface area contributed by atoms with Crippen LogP contribution in [0, 0.1) is 0 Å². The summed E-state index contributed by atoms with van der Waals surface area (Å²) in [5, 5.41) is 8.94. The molecule has 0 heterocycles. The predicted octanol–water partition coefficient (Wildman–Crippen LogP) is -0.609. The van der Waals surface area contributed by atoms with Gasteiger partial charge in [-0.25, -0.2) is 0 Å². The highest BCUT2D eigenvalue weighted by molar-refractivity contribution is 4.76. The lowest BCUT2D eigenvalue weighted by Gasteiger charge is -2.23. The third-order valence-electron chi connectivity index (χ3n) is 1.19. The third-order valence-corrected chi connectivity index (χ3v) is 1.19. The zero-order valence-corrected chi connectivity index (χ0v) is 5.39. The number of aliphatic hydroxyl groups is 1. The third kappa shape index (κ3) is 2.26. The van der Waals surface area contributed by atoms with Crippen LogP contribution in [0.5, 0.6) is 0 Å². The topological polar surface area (TPSA) is 72.3 Å². The fourth-order valence-electron chi connectivity index (χ4n) is 0.413. The predicted molar refractivity (Wildman–Crippen MR) is 33.1 cm³/mol. The first kappa shape index (κ1) is 7.88. The van der Waals surface area contributed by atoms with Gasteiger partial charge >= 0.3 is 0 Å². The van der Waals surface area contributed by atoms with Crippen molar-refractivity contribution in [1.29, 1.82) is 0 Å². The Morgan fingerprint density at radius 3 is 2.12 bits per heavy atom. The van der Waals surface area contributed by atoms with E-state index in [4.69, 9.17) is 16.6 Å². The summed E-state index contributed by atoms with van der Waals surface area (Å²) in [5.74, 6) is 0. The van der Waals surface area contributed by atoms with Gasteiger partial charge in [0.15, 0.2) is 0 Å². The van der Waals surface area contributed by atoms with E-state index in [0.717, 1.165) is 0 Å². The summed E-state index contributed by atoms with van der Waals surface area (Å²) in [6.45, 7) is 3.38. The molecule has 0 aliphatic carbocycles. The van der Waals surface area contributed by atoms with Crippen molar-refractivity contribution in [3.05, 3.63) is 0 Å². The summed E-state index contributed by atoms with van der Waals surface area (Å²) < 4.78 is 0. The molecule has 0 spiro atoms. The molecule has 50 valence electrons. The standard InChI is InChI=1S/C5H14N2O/c1-3-4(6)5(2,7)8/h4,8H,3,6-7H2,1-2H3. The highest BCUT2D eigenvalue weighted by Crippen LogP contribution is 2.00. The van der Waals surface area contributed by atoms with E-state index >= 15 is 0 Å². The summed E-state index contributed by atoms with van der Waals surface area (Å²) in [6, 6.07) is -0.317. The lowest BCUT2D eigenvalue weighted by atomic mass is 10.1. The molecule has 2 unspecified atom stereocenters. The second-order valence-corrected chi connectivity index (χ2v) is 2.24. The molecule has 5 N–H and O–H groups in total. The smallest absolute Gasteiger partial charge is 0.125 e. The van der Waals surface area contributed by atoms with Gasteiger partial charge in [0.05, 0.1) is 0 Å². The first-order valence-electron chi connectivity index (χ1n) is 2.75. The fraction of sp³-hybridized carbons (Fsp3) is 1.00. The monoisotopic (exact) mass is 118 g/mol. The van der Waals surface area contributed by atoms with Crippen molar-refractivity contribution in [1.82, 2.24) is 0 Å². The fourth-order valence-corrected chi connectivity index (χ4v) is 0.413. The van der Waals surface area contributed by atoms with Crippen LogP contribution >= 0.6 is 0 Å². The summed E-state index contributed by atoms with van der Waals surface area (Å²) in [4.78, 5) is 0. The molecule has 0 amide bonds. The molecule has 0 aromatic heterocycles. The van der Waals surface area contributed by atoms with Gasteiger partial charge in [-0.3, -0.25) is 0 Å². The van der Waals surface area contributed by atoms with Crippen LogP contribution in [0.2, 0.25) is 0 Å². The molecule has 0 bridgehead atoms. The SMILES string of the molecule is CCC(N)C(C)(N)O. The Morgan fingerprint density at radius 1 is 1.75 bits per heavy atom. The Balaban J connectivity index is 3.62. The normalized spacial score (nSPS) is 22.1. The van der Waals surface area contributed by atoms with E-state index in [0.29, 0.717) is 6.42 Å². The van der Waals surface area contributed by atoms with Gasteiger partial charge in [-0.05, 0) is 13.3 Å². The Labute approximate surface area is 49.7 Å². The van der Waals surface area contributed by atoms with Crippen molar-refractivity contribution in [3.63, 3.8) is 0 Å². The number of rotatable bonds is 2. The van der Waals surface area contributed by atoms with E-state index in [-0.39, 0.29) is 6.04 Å². The van der Waals surface area contributed by atoms with Crippen LogP contribution in [-0.2, 0) is 0 Å². The van der Waals surface area contributed by atoms with Crippen molar-refractivity contribution < 1.29 is 5.11 Å². The second kappa shape index (κ2) is 2.44. The van der Waals surface area contributed by atoms with E-state index in [1.165, 1.54) is 6.92 Å². The van der Waals surface area contributed by atoms with Crippen LogP contribution in [-0.4, -0.2) is 16.9 Å². The van der Waals surface area contributed by atoms with Gasteiger partial charge in [0.25, 0.3) is 0 Å². The van der Waals surface area contributed by atoms with Crippen molar-refractivity contribution in [2.75, 3.05) is 0 Å². The van der Waals surface area contributed by atoms with Gasteiger partial charge in [0, 0.05) is 6.04 Å². The van der Waals surface area contributed by atoms with Gasteiger partial charge in [-0.1, -0.05) is 6.92 Å². The van der Waals surface area contributed by atoms with E-state index < -0.39 is 5.72 Å². The second-order valence-electron chi connectivity index (χ2n) is 2.24. The van der Waals surface area contributed by atoms with Crippen LogP contribution in [0.15, 0.2) is 0 Å². The Bertz CT molecular complexity index is 67.3. The average molecular weight is 118 g/mol. The van der Waals surface area contributed by atoms with Gasteiger partial charge in [0.2, 0.25) is 0 Å². The van der Waals surface area contributed by atoms with Crippen LogP contribution in [0.25, 0.3) is 0 Å². The van der Waals surface area contributed by atoms with E-state index in [2.05, 4.69) is 0 Å². The zero-order chi connectivity index (χ0) is 6.78. The molecule has 0 saturated heterocycles. The minimum absolute atomic E-state index is 0.317. The van der Waals surface area contributed by atoms with Gasteiger partial charge in [-0.2, -0.15) is 0 Å². The molecular formula is C5H14N2O. The Kier molecular flexibility index (Phi) is 2.40. The molecule has 0 saturated carbocycles. The van der Waals surface area contributed by atoms with Gasteiger partial charge in [0.1, 0.15) is 5.72 Å². The van der Waals surface area contributed by atoms with E-state index in [1.807, 2.05) is 6.92 Å². The van der Waals surface area contributed by atoms with Crippen LogP contribution < -0.4 is 11.5 Å². The zero-order valence-electron chi connectivity index (χ0n) is 5.39. The highest BCUT2D eigenvalue weighted by Gasteiger charge is 2.20. The maximum atomic E-state index is 8.94. The molecule has 0 aliphatic rings. The summed E-state index contributed by atoms with van der Waals surface area (Å²) >= 11 is 0. The van der Waals surface area contributed by atoms with Crippen molar-refractivity contribution in [3.8, 4) is 0 Å². The minimum Gasteiger partial charge on any atom is -0.375 e. The van der Waals surface area contributed by atoms with Gasteiger partial charge < -0.3 is 16.6 Å². The quantitative estimate of drug-likeness (QED) is 0.423. The largest absolute Gasteiger partial charge is 0.375 e. The number of nitrogens with two attached hydrogens (primary N) is 2. The molecule has 0 aromatic rings. The summed E-state index contributed by atoms with van der Waals surface area (Å²) in [7, 11) is 0. The maximum absolute atomic E-state index is 8.94. The van der Waals surface area contributed by atoms with Crippen molar-refractivity contribution in [2.45, 2.75) is 32.0 Å². The lowest BCUT2D eigenvalue weighted by Crippen LogP contribution is -2.52. The van der Waals surface area contributed by atoms with Crippen LogP contribution in [0.3, 0.4) is 0 Å². The summed E-state index contributed by atoms with van der Waals surface area (Å²) in [6.07, 6.45) is 0.698. The number of hydrogen-bond donors (Lipinski definition) is 3. The molecule has 2 atom stereocenters. The Hall–Kier alpha value is -0.120. The first-order chi connectivity index (χ1) is 3.48. The van der Waals surface area contributed by atoms with E-state index in [1.54, 1.807) is 0 Å². The molecule has 3 heteroatoms. The maximum Gasteiger partial charge on any atom is 0.125 e. The molecule has 0 fully saturated rings. The molecule has 0 rings (SSSR count). The van der Waals surface area contributed by atoms with Crippen LogP contribution in [0.4, 0.5) is 0 Å². The van der Waals surface area contributed by atoms with Crippen LogP contribution in [0.1, 0.15) is 20.3 Å². The molecule has 0 aromatic carbocycles. The van der Waals surface area contributed by atoms with Crippen molar-refractivity contribution >= 4 is 0 Å². The molecule has 0 aliphatic heterocycles. The highest BCUT2D eigenvalue weighted by atomic mass is 16.3. The minimum atomic E-state index is -1.21. The van der Waals surface area contributed by atoms with E-state index in [9.17, 15) is 0 Å². The Morgan fingerprint density at radius 2 is 2.12 bits per heavy atom. The molecule has 8 heavy (non-hydrogen) atoms. The number of hydrogen-bond acceptors (Lipinski definition) is 3.